The average Bonchev–Trinajstić information content (AvgIpc) is 2.40. The Morgan fingerprint density at radius 3 is 2.39 bits per heavy atom. The molecule has 0 spiro atoms. The van der Waals surface area contributed by atoms with E-state index < -0.39 is 0 Å². The summed E-state index contributed by atoms with van der Waals surface area (Å²) in [5.41, 5.74) is 1.16. The van der Waals surface area contributed by atoms with Gasteiger partial charge < -0.3 is 14.9 Å². The fourth-order valence-electron chi connectivity index (χ4n) is 2.27. The van der Waals surface area contributed by atoms with Crippen molar-refractivity contribution in [3.05, 3.63) is 34.4 Å². The lowest BCUT2D eigenvalue weighted by molar-refractivity contribution is -0.900. The van der Waals surface area contributed by atoms with Crippen LogP contribution in [0.25, 0.3) is 0 Å². The van der Waals surface area contributed by atoms with E-state index in [9.17, 15) is 10.1 Å². The Morgan fingerprint density at radius 2 is 1.89 bits per heavy atom. The van der Waals surface area contributed by atoms with Gasteiger partial charge in [-0.1, -0.05) is 0 Å². The van der Waals surface area contributed by atoms with Gasteiger partial charge in [0.1, 0.15) is 6.54 Å². The van der Waals surface area contributed by atoms with Crippen molar-refractivity contribution >= 4 is 11.4 Å². The van der Waals surface area contributed by atoms with Crippen molar-refractivity contribution < 1.29 is 14.9 Å². The first-order valence-electron chi connectivity index (χ1n) is 6.14. The largest absolute Gasteiger partial charge is 0.391 e. The molecule has 6 nitrogen and oxygen atoms in total. The molecule has 18 heavy (non-hydrogen) atoms. The Kier molecular flexibility index (Phi) is 4.11. The number of nitro groups is 1. The molecular weight excluding hydrogens is 234 g/mol. The molecule has 1 saturated heterocycles. The van der Waals surface area contributed by atoms with E-state index in [1.807, 2.05) is 0 Å². The molecule has 2 N–H and O–H groups in total. The minimum Gasteiger partial charge on any atom is -0.391 e. The van der Waals surface area contributed by atoms with Crippen LogP contribution in [0.2, 0.25) is 0 Å². The molecule has 2 rings (SSSR count). The summed E-state index contributed by atoms with van der Waals surface area (Å²) in [5, 5.41) is 19.5. The van der Waals surface area contributed by atoms with Gasteiger partial charge >= 0.3 is 0 Å². The first kappa shape index (κ1) is 12.8. The molecule has 0 amide bonds. The number of aliphatic hydroxyl groups excluding tert-OH is 1. The zero-order chi connectivity index (χ0) is 13.0. The van der Waals surface area contributed by atoms with Gasteiger partial charge in [-0.25, -0.2) is 0 Å². The number of non-ortho nitro benzene ring substituents is 1. The first-order valence-corrected chi connectivity index (χ1v) is 6.14. The van der Waals surface area contributed by atoms with Gasteiger partial charge in [0.25, 0.3) is 5.69 Å². The van der Waals surface area contributed by atoms with Gasteiger partial charge in [-0.05, 0) is 12.1 Å². The van der Waals surface area contributed by atoms with Crippen LogP contribution < -0.4 is 9.80 Å². The van der Waals surface area contributed by atoms with E-state index in [2.05, 4.69) is 4.90 Å². The smallest absolute Gasteiger partial charge is 0.269 e. The van der Waals surface area contributed by atoms with Crippen LogP contribution in [0, 0.1) is 10.1 Å². The summed E-state index contributed by atoms with van der Waals surface area (Å²) in [6, 6.07) is 6.69. The van der Waals surface area contributed by atoms with Crippen LogP contribution in [-0.4, -0.2) is 49.4 Å². The van der Waals surface area contributed by atoms with Crippen LogP contribution in [0.3, 0.4) is 0 Å². The van der Waals surface area contributed by atoms with Gasteiger partial charge in [0.05, 0.1) is 37.7 Å². The highest BCUT2D eigenvalue weighted by Gasteiger charge is 2.19. The molecule has 0 bridgehead atoms. The second-order valence-electron chi connectivity index (χ2n) is 4.48. The van der Waals surface area contributed by atoms with Gasteiger partial charge in [-0.3, -0.25) is 10.1 Å². The zero-order valence-corrected chi connectivity index (χ0v) is 10.2. The van der Waals surface area contributed by atoms with Crippen molar-refractivity contribution in [3.63, 3.8) is 0 Å². The molecule has 1 aliphatic heterocycles. The number of nitrogens with zero attached hydrogens (tertiary/aromatic N) is 2. The topological polar surface area (TPSA) is 71.0 Å². The molecule has 0 unspecified atom stereocenters. The number of aliphatic hydroxyl groups is 1. The molecule has 98 valence electrons. The van der Waals surface area contributed by atoms with Crippen molar-refractivity contribution in [2.24, 2.45) is 0 Å². The normalized spacial score (nSPS) is 16.8. The van der Waals surface area contributed by atoms with Gasteiger partial charge in [-0.15, -0.1) is 0 Å². The van der Waals surface area contributed by atoms with Gasteiger partial charge in [0.15, 0.2) is 0 Å². The lowest BCUT2D eigenvalue weighted by atomic mass is 10.2. The van der Waals surface area contributed by atoms with Crippen LogP contribution in [-0.2, 0) is 0 Å². The molecule has 1 aliphatic rings. The third kappa shape index (κ3) is 2.96. The van der Waals surface area contributed by atoms with Gasteiger partial charge in [-0.2, -0.15) is 0 Å². The fraction of sp³-hybridized carbons (Fsp3) is 0.500. The molecule has 0 atom stereocenters. The predicted molar refractivity (Wildman–Crippen MR) is 68.0 cm³/mol. The highest BCUT2D eigenvalue weighted by molar-refractivity contribution is 5.50. The number of anilines is 1. The highest BCUT2D eigenvalue weighted by Crippen LogP contribution is 2.19. The fourth-order valence-corrected chi connectivity index (χ4v) is 2.27. The summed E-state index contributed by atoms with van der Waals surface area (Å²) >= 11 is 0. The molecule has 1 aromatic rings. The maximum Gasteiger partial charge on any atom is 0.269 e. The highest BCUT2D eigenvalue weighted by atomic mass is 16.6. The van der Waals surface area contributed by atoms with Crippen LogP contribution in [0.4, 0.5) is 11.4 Å². The summed E-state index contributed by atoms with van der Waals surface area (Å²) in [7, 11) is 0. The van der Waals surface area contributed by atoms with Gasteiger partial charge in [0, 0.05) is 17.8 Å². The molecule has 0 aromatic heterocycles. The molecule has 1 aromatic carbocycles. The Bertz CT molecular complexity index is 400. The molecule has 1 heterocycles. The van der Waals surface area contributed by atoms with Crippen LogP contribution >= 0.6 is 0 Å². The number of piperazine rings is 1. The minimum atomic E-state index is -0.382. The second-order valence-corrected chi connectivity index (χ2v) is 4.48. The number of nitro benzene ring substituents is 1. The Hall–Kier alpha value is -1.66. The van der Waals surface area contributed by atoms with Crippen molar-refractivity contribution in [1.82, 2.24) is 0 Å². The molecule has 0 radical (unpaired) electrons. The summed E-state index contributed by atoms with van der Waals surface area (Å²) < 4.78 is 0. The number of nitrogens with one attached hydrogen (secondary N) is 1. The minimum absolute atomic E-state index is 0.128. The number of hydrogen-bond donors (Lipinski definition) is 2. The number of hydrogen-bond acceptors (Lipinski definition) is 4. The van der Waals surface area contributed by atoms with Crippen molar-refractivity contribution in [2.45, 2.75) is 0 Å². The van der Waals surface area contributed by atoms with Crippen LogP contribution in [0.5, 0.6) is 0 Å². The van der Waals surface area contributed by atoms with E-state index in [0.717, 1.165) is 38.4 Å². The molecule has 1 fully saturated rings. The monoisotopic (exact) mass is 252 g/mol. The zero-order valence-electron chi connectivity index (χ0n) is 10.2. The summed E-state index contributed by atoms with van der Waals surface area (Å²) in [6.07, 6.45) is 0. The molecule has 6 heteroatoms. The van der Waals surface area contributed by atoms with Crippen molar-refractivity contribution in [3.8, 4) is 0 Å². The Morgan fingerprint density at radius 1 is 1.28 bits per heavy atom. The Labute approximate surface area is 106 Å². The quantitative estimate of drug-likeness (QED) is 0.549. The summed E-state index contributed by atoms with van der Waals surface area (Å²) in [5.74, 6) is 0. The second kappa shape index (κ2) is 5.79. The SMILES string of the molecule is O=[N+]([O-])c1ccc(N2CC[NH+](CCO)CC2)cc1. The van der Waals surface area contributed by atoms with Crippen LogP contribution in [0.15, 0.2) is 24.3 Å². The van der Waals surface area contributed by atoms with E-state index >= 15 is 0 Å². The molecule has 0 saturated carbocycles. The molecule has 0 aliphatic carbocycles. The van der Waals surface area contributed by atoms with Crippen molar-refractivity contribution in [2.75, 3.05) is 44.2 Å². The van der Waals surface area contributed by atoms with E-state index in [4.69, 9.17) is 5.11 Å². The van der Waals surface area contributed by atoms with E-state index in [1.165, 1.54) is 4.90 Å². The van der Waals surface area contributed by atoms with Crippen LogP contribution in [0.1, 0.15) is 0 Å². The van der Waals surface area contributed by atoms with E-state index in [-0.39, 0.29) is 17.2 Å². The summed E-state index contributed by atoms with van der Waals surface area (Å²) in [4.78, 5) is 13.8. The number of quaternary nitrogens is 1. The Balaban J connectivity index is 1.95. The first-order chi connectivity index (χ1) is 8.70. The van der Waals surface area contributed by atoms with Gasteiger partial charge in [0.2, 0.25) is 0 Å². The average molecular weight is 252 g/mol. The number of rotatable bonds is 4. The number of benzene rings is 1. The van der Waals surface area contributed by atoms with E-state index in [1.54, 1.807) is 24.3 Å². The molecular formula is C12H18N3O3+. The summed E-state index contributed by atoms with van der Waals surface area (Å²) in [6.45, 7) is 4.87. The van der Waals surface area contributed by atoms with E-state index in [0.29, 0.717) is 0 Å². The lowest BCUT2D eigenvalue weighted by Gasteiger charge is -2.33. The maximum absolute atomic E-state index is 10.6. The third-order valence-electron chi connectivity index (χ3n) is 3.36. The standard InChI is InChI=1S/C12H17N3O3/c16-10-9-13-5-7-14(8-6-13)11-1-3-12(4-2-11)15(17)18/h1-4,16H,5-10H2/p+1. The maximum atomic E-state index is 10.6. The third-order valence-corrected chi connectivity index (χ3v) is 3.36. The lowest BCUT2D eigenvalue weighted by Crippen LogP contribution is -3.15. The predicted octanol–water partition coefficient (Wildman–Crippen LogP) is -0.708. The van der Waals surface area contributed by atoms with Crippen molar-refractivity contribution in [1.29, 1.82) is 0 Å².